The highest BCUT2D eigenvalue weighted by Crippen LogP contribution is 2.31. The van der Waals surface area contributed by atoms with Gasteiger partial charge in [-0.15, -0.1) is 0 Å². The van der Waals surface area contributed by atoms with Crippen molar-refractivity contribution in [3.63, 3.8) is 0 Å². The average molecular weight is 474 g/mol. The van der Waals surface area contributed by atoms with Crippen LogP contribution in [0.2, 0.25) is 0 Å². The molecule has 2 atom stereocenters. The molecule has 5 nitrogen and oxygen atoms in total. The second-order valence-corrected chi connectivity index (χ2v) is 10.2. The minimum Gasteiger partial charge on any atom is -0.460 e. The van der Waals surface area contributed by atoms with E-state index < -0.39 is 22.0 Å². The summed E-state index contributed by atoms with van der Waals surface area (Å²) in [6, 6.07) is 21.1. The van der Waals surface area contributed by atoms with E-state index in [9.17, 15) is 13.2 Å². The molecule has 0 saturated carbocycles. The minimum absolute atomic E-state index is 0.105. The zero-order valence-corrected chi connectivity index (χ0v) is 18.0. The highest BCUT2D eigenvalue weighted by molar-refractivity contribution is 9.09. The van der Waals surface area contributed by atoms with Gasteiger partial charge in [-0.05, 0) is 34.9 Å². The van der Waals surface area contributed by atoms with E-state index in [2.05, 4.69) is 15.9 Å². The van der Waals surface area contributed by atoms with Crippen LogP contribution < -0.4 is 0 Å². The Kier molecular flexibility index (Phi) is 5.72. The van der Waals surface area contributed by atoms with E-state index in [0.717, 1.165) is 16.3 Å². The Morgan fingerprint density at radius 3 is 2.45 bits per heavy atom. The normalized spacial score (nSPS) is 20.0. The Labute approximate surface area is 178 Å². The van der Waals surface area contributed by atoms with Crippen LogP contribution in [0.25, 0.3) is 10.8 Å². The number of hydrogen-bond acceptors (Lipinski definition) is 4. The molecule has 1 saturated heterocycles. The number of sulfonamides is 1. The number of nitrogens with zero attached hydrogens (tertiary/aromatic N) is 1. The lowest BCUT2D eigenvalue weighted by Gasteiger charge is -2.23. The fraction of sp³-hybridized carbons (Fsp3) is 0.227. The van der Waals surface area contributed by atoms with Crippen molar-refractivity contribution in [1.82, 2.24) is 4.31 Å². The van der Waals surface area contributed by atoms with Crippen molar-refractivity contribution >= 4 is 42.7 Å². The third-order valence-electron chi connectivity index (χ3n) is 5.03. The molecule has 0 N–H and O–H groups in total. The van der Waals surface area contributed by atoms with Crippen LogP contribution in [0.4, 0.5) is 0 Å². The van der Waals surface area contributed by atoms with Gasteiger partial charge in [0.05, 0.1) is 4.90 Å². The third-order valence-corrected chi connectivity index (χ3v) is 7.56. The first kappa shape index (κ1) is 20.1. The van der Waals surface area contributed by atoms with Crippen molar-refractivity contribution in [2.24, 2.45) is 0 Å². The zero-order valence-electron chi connectivity index (χ0n) is 15.6. The van der Waals surface area contributed by atoms with Gasteiger partial charge in [-0.3, -0.25) is 4.79 Å². The fourth-order valence-electron chi connectivity index (χ4n) is 3.52. The number of carbonyl (C=O) groups is 1. The average Bonchev–Trinajstić information content (AvgIpc) is 3.15. The first-order valence-electron chi connectivity index (χ1n) is 9.30. The van der Waals surface area contributed by atoms with Gasteiger partial charge < -0.3 is 4.74 Å². The Morgan fingerprint density at radius 1 is 1.00 bits per heavy atom. The van der Waals surface area contributed by atoms with E-state index >= 15 is 0 Å². The Hall–Kier alpha value is -2.22. The predicted molar refractivity (Wildman–Crippen MR) is 115 cm³/mol. The number of fused-ring (bicyclic) bond motifs is 1. The largest absolute Gasteiger partial charge is 0.460 e. The maximum Gasteiger partial charge on any atom is 0.324 e. The molecule has 0 radical (unpaired) electrons. The molecule has 1 fully saturated rings. The molecule has 0 aliphatic carbocycles. The molecule has 1 aliphatic heterocycles. The first-order valence-corrected chi connectivity index (χ1v) is 11.7. The van der Waals surface area contributed by atoms with E-state index in [0.29, 0.717) is 6.42 Å². The monoisotopic (exact) mass is 473 g/mol. The SMILES string of the molecule is O=C(OCc1ccccc1)C1CC(Br)CN1S(=O)(=O)c1ccc2ccccc2c1. The molecule has 1 aliphatic rings. The number of ether oxygens (including phenoxy) is 1. The molecule has 0 bridgehead atoms. The maximum atomic E-state index is 13.3. The third kappa shape index (κ3) is 4.22. The molecule has 0 spiro atoms. The van der Waals surface area contributed by atoms with Crippen molar-refractivity contribution in [3.05, 3.63) is 78.4 Å². The summed E-state index contributed by atoms with van der Waals surface area (Å²) in [7, 11) is -3.84. The van der Waals surface area contributed by atoms with Gasteiger partial charge in [-0.1, -0.05) is 76.6 Å². The summed E-state index contributed by atoms with van der Waals surface area (Å²) in [5.41, 5.74) is 0.859. The molecular formula is C22H20BrNO4S. The number of halogens is 1. The van der Waals surface area contributed by atoms with E-state index in [4.69, 9.17) is 4.74 Å². The first-order chi connectivity index (χ1) is 13.9. The number of benzene rings is 3. The zero-order chi connectivity index (χ0) is 20.4. The Morgan fingerprint density at radius 2 is 1.69 bits per heavy atom. The van der Waals surface area contributed by atoms with Gasteiger partial charge in [0.25, 0.3) is 0 Å². The van der Waals surface area contributed by atoms with Gasteiger partial charge in [-0.25, -0.2) is 8.42 Å². The second kappa shape index (κ2) is 8.26. The standard InChI is InChI=1S/C22H20BrNO4S/c23-19-13-21(22(25)28-15-16-6-2-1-3-7-16)24(14-19)29(26,27)20-11-10-17-8-4-5-9-18(17)12-20/h1-12,19,21H,13-15H2. The van der Waals surface area contributed by atoms with Crippen LogP contribution in [0.15, 0.2) is 77.7 Å². The highest BCUT2D eigenvalue weighted by atomic mass is 79.9. The molecule has 150 valence electrons. The van der Waals surface area contributed by atoms with Crippen LogP contribution in [-0.2, 0) is 26.2 Å². The minimum atomic E-state index is -3.84. The van der Waals surface area contributed by atoms with E-state index in [1.807, 2.05) is 54.6 Å². The van der Waals surface area contributed by atoms with Crippen molar-refractivity contribution in [2.75, 3.05) is 6.54 Å². The van der Waals surface area contributed by atoms with Gasteiger partial charge >= 0.3 is 5.97 Å². The Balaban J connectivity index is 1.57. The van der Waals surface area contributed by atoms with Crippen LogP contribution in [0.3, 0.4) is 0 Å². The van der Waals surface area contributed by atoms with E-state index in [-0.39, 0.29) is 22.9 Å². The van der Waals surface area contributed by atoms with E-state index in [1.54, 1.807) is 18.2 Å². The molecule has 7 heteroatoms. The summed E-state index contributed by atoms with van der Waals surface area (Å²) in [5.74, 6) is -0.528. The molecule has 3 aromatic carbocycles. The lowest BCUT2D eigenvalue weighted by molar-refractivity contribution is -0.148. The molecule has 0 amide bonds. The quantitative estimate of drug-likeness (QED) is 0.413. The maximum absolute atomic E-state index is 13.3. The van der Waals surface area contributed by atoms with Crippen molar-refractivity contribution in [1.29, 1.82) is 0 Å². The second-order valence-electron chi connectivity index (χ2n) is 7.03. The van der Waals surface area contributed by atoms with Crippen LogP contribution in [0.5, 0.6) is 0 Å². The molecule has 0 aromatic heterocycles. The van der Waals surface area contributed by atoms with Crippen LogP contribution >= 0.6 is 15.9 Å². The summed E-state index contributed by atoms with van der Waals surface area (Å²) < 4.78 is 33.3. The van der Waals surface area contributed by atoms with Crippen LogP contribution in [0, 0.1) is 0 Å². The number of esters is 1. The summed E-state index contributed by atoms with van der Waals surface area (Å²) in [6.07, 6.45) is 0.375. The molecule has 4 rings (SSSR count). The highest BCUT2D eigenvalue weighted by Gasteiger charge is 2.44. The van der Waals surface area contributed by atoms with Gasteiger partial charge in [0.1, 0.15) is 12.6 Å². The number of rotatable bonds is 5. The van der Waals surface area contributed by atoms with Crippen molar-refractivity contribution in [2.45, 2.75) is 28.8 Å². The van der Waals surface area contributed by atoms with Gasteiger partial charge in [-0.2, -0.15) is 4.31 Å². The van der Waals surface area contributed by atoms with Crippen molar-refractivity contribution in [3.8, 4) is 0 Å². The fourth-order valence-corrected chi connectivity index (χ4v) is 6.05. The van der Waals surface area contributed by atoms with Gasteiger partial charge in [0, 0.05) is 11.4 Å². The number of alkyl halides is 1. The van der Waals surface area contributed by atoms with Gasteiger partial charge in [0.2, 0.25) is 10.0 Å². The van der Waals surface area contributed by atoms with E-state index in [1.165, 1.54) is 4.31 Å². The summed E-state index contributed by atoms with van der Waals surface area (Å²) in [6.45, 7) is 0.341. The molecule has 29 heavy (non-hydrogen) atoms. The smallest absolute Gasteiger partial charge is 0.324 e. The lowest BCUT2D eigenvalue weighted by atomic mass is 10.1. The topological polar surface area (TPSA) is 63.7 Å². The lowest BCUT2D eigenvalue weighted by Crippen LogP contribution is -2.41. The molecule has 2 unspecified atom stereocenters. The number of carbonyl (C=O) groups excluding carboxylic acids is 1. The summed E-state index contributed by atoms with van der Waals surface area (Å²) in [4.78, 5) is 12.8. The molecule has 1 heterocycles. The Bertz CT molecular complexity index is 1130. The molecular weight excluding hydrogens is 454 g/mol. The number of hydrogen-bond donors (Lipinski definition) is 0. The van der Waals surface area contributed by atoms with Crippen LogP contribution in [0.1, 0.15) is 12.0 Å². The summed E-state index contributed by atoms with van der Waals surface area (Å²) in [5, 5.41) is 1.80. The predicted octanol–water partition coefficient (Wildman–Crippen LogP) is 4.11. The summed E-state index contributed by atoms with van der Waals surface area (Å²) >= 11 is 3.47. The van der Waals surface area contributed by atoms with Crippen molar-refractivity contribution < 1.29 is 17.9 Å². The van der Waals surface area contributed by atoms with Gasteiger partial charge in [0.15, 0.2) is 0 Å². The molecule has 3 aromatic rings. The van der Waals surface area contributed by atoms with Crippen LogP contribution in [-0.4, -0.2) is 36.1 Å².